The number of hydrogen-bond acceptors (Lipinski definition) is 4. The van der Waals surface area contributed by atoms with Crippen LogP contribution >= 0.6 is 0 Å². The molecule has 0 saturated carbocycles. The highest BCUT2D eigenvalue weighted by Crippen LogP contribution is 2.24. The first-order valence-electron chi connectivity index (χ1n) is 9.64. The molecule has 0 N–H and O–H groups in total. The third kappa shape index (κ3) is 4.55. The van der Waals surface area contributed by atoms with Crippen LogP contribution in [0.5, 0.6) is 0 Å². The number of nitrogens with zero attached hydrogens (tertiary/aromatic N) is 4. The minimum atomic E-state index is -0.0231. The number of piperazine rings is 1. The topological polar surface area (TPSA) is 47.1 Å². The summed E-state index contributed by atoms with van der Waals surface area (Å²) in [5.74, 6) is 0.114. The van der Waals surface area contributed by atoms with Gasteiger partial charge in [0, 0.05) is 70.5 Å². The number of carbonyl (C=O) groups excluding carboxylic acids is 2. The van der Waals surface area contributed by atoms with E-state index in [2.05, 4.69) is 29.0 Å². The predicted octanol–water partition coefficient (Wildman–Crippen LogP) is 1.80. The monoisotopic (exact) mass is 358 g/mol. The summed E-state index contributed by atoms with van der Waals surface area (Å²) in [5.41, 5.74) is 2.08. The standard InChI is InChI=1S/C20H30N4O2/c1-17(25)24(12-9-20(26)23-15-13-21(2)14-16-23)19-7-5-18(6-8-19)22-10-3-4-11-22/h5-8H,3-4,9-16H2,1-2H3. The lowest BCUT2D eigenvalue weighted by atomic mass is 10.2. The summed E-state index contributed by atoms with van der Waals surface area (Å²) in [4.78, 5) is 32.8. The molecule has 0 aromatic heterocycles. The first-order chi connectivity index (χ1) is 12.5. The quantitative estimate of drug-likeness (QED) is 0.805. The van der Waals surface area contributed by atoms with Gasteiger partial charge in [0.1, 0.15) is 0 Å². The molecule has 1 aromatic carbocycles. The van der Waals surface area contributed by atoms with E-state index in [-0.39, 0.29) is 11.8 Å². The summed E-state index contributed by atoms with van der Waals surface area (Å²) in [6.45, 7) is 7.60. The Kier molecular flexibility index (Phi) is 6.14. The summed E-state index contributed by atoms with van der Waals surface area (Å²) >= 11 is 0. The lowest BCUT2D eigenvalue weighted by Gasteiger charge is -2.33. The minimum absolute atomic E-state index is 0.0231. The number of carbonyl (C=O) groups is 2. The van der Waals surface area contributed by atoms with E-state index in [1.165, 1.54) is 18.5 Å². The Morgan fingerprint density at radius 3 is 2.15 bits per heavy atom. The lowest BCUT2D eigenvalue weighted by Crippen LogP contribution is -2.47. The van der Waals surface area contributed by atoms with Crippen LogP contribution in [0.25, 0.3) is 0 Å². The zero-order valence-corrected chi connectivity index (χ0v) is 16.0. The van der Waals surface area contributed by atoms with Gasteiger partial charge in [-0.1, -0.05) is 0 Å². The first kappa shape index (κ1) is 18.7. The molecule has 6 heteroatoms. The van der Waals surface area contributed by atoms with E-state index in [1.54, 1.807) is 11.8 Å². The maximum Gasteiger partial charge on any atom is 0.224 e. The summed E-state index contributed by atoms with van der Waals surface area (Å²) < 4.78 is 0. The van der Waals surface area contributed by atoms with Crippen LogP contribution in [-0.2, 0) is 9.59 Å². The molecule has 2 saturated heterocycles. The van der Waals surface area contributed by atoms with E-state index in [1.807, 2.05) is 17.0 Å². The van der Waals surface area contributed by atoms with Gasteiger partial charge in [-0.05, 0) is 44.2 Å². The van der Waals surface area contributed by atoms with Gasteiger partial charge in [-0.25, -0.2) is 0 Å². The molecule has 2 heterocycles. The predicted molar refractivity (Wildman–Crippen MR) is 105 cm³/mol. The van der Waals surface area contributed by atoms with Crippen molar-refractivity contribution in [3.05, 3.63) is 24.3 Å². The molecule has 0 unspecified atom stereocenters. The smallest absolute Gasteiger partial charge is 0.224 e. The fourth-order valence-electron chi connectivity index (χ4n) is 3.71. The minimum Gasteiger partial charge on any atom is -0.372 e. The van der Waals surface area contributed by atoms with Gasteiger partial charge >= 0.3 is 0 Å². The van der Waals surface area contributed by atoms with Crippen molar-refractivity contribution in [3.8, 4) is 0 Å². The molecular formula is C20H30N4O2. The molecule has 0 bridgehead atoms. The van der Waals surface area contributed by atoms with Crippen molar-refractivity contribution in [2.75, 3.05) is 62.7 Å². The van der Waals surface area contributed by atoms with E-state index in [0.29, 0.717) is 13.0 Å². The highest BCUT2D eigenvalue weighted by Gasteiger charge is 2.21. The molecule has 2 aliphatic rings. The second-order valence-corrected chi connectivity index (χ2v) is 7.32. The molecule has 0 atom stereocenters. The van der Waals surface area contributed by atoms with Gasteiger partial charge in [-0.15, -0.1) is 0 Å². The maximum absolute atomic E-state index is 12.5. The molecule has 2 fully saturated rings. The van der Waals surface area contributed by atoms with E-state index >= 15 is 0 Å². The van der Waals surface area contributed by atoms with E-state index in [4.69, 9.17) is 0 Å². The molecule has 142 valence electrons. The largest absolute Gasteiger partial charge is 0.372 e. The normalized spacial score (nSPS) is 18.2. The Bertz CT molecular complexity index is 617. The molecule has 3 rings (SSSR count). The zero-order valence-electron chi connectivity index (χ0n) is 16.0. The van der Waals surface area contributed by atoms with E-state index in [0.717, 1.165) is 45.0 Å². The number of benzene rings is 1. The van der Waals surface area contributed by atoms with Gasteiger partial charge in [-0.3, -0.25) is 9.59 Å². The molecule has 26 heavy (non-hydrogen) atoms. The van der Waals surface area contributed by atoms with Crippen molar-refractivity contribution in [1.29, 1.82) is 0 Å². The molecule has 0 spiro atoms. The Labute approximate surface area is 156 Å². The lowest BCUT2D eigenvalue weighted by molar-refractivity contribution is -0.132. The van der Waals surface area contributed by atoms with Crippen LogP contribution in [0.15, 0.2) is 24.3 Å². The van der Waals surface area contributed by atoms with Crippen molar-refractivity contribution in [2.24, 2.45) is 0 Å². The molecule has 6 nitrogen and oxygen atoms in total. The van der Waals surface area contributed by atoms with Gasteiger partial charge in [0.2, 0.25) is 11.8 Å². The first-order valence-corrected chi connectivity index (χ1v) is 9.64. The molecule has 0 aliphatic carbocycles. The highest BCUT2D eigenvalue weighted by atomic mass is 16.2. The number of hydrogen-bond donors (Lipinski definition) is 0. The Morgan fingerprint density at radius 2 is 1.58 bits per heavy atom. The SMILES string of the molecule is CC(=O)N(CCC(=O)N1CCN(C)CC1)c1ccc(N2CCCC2)cc1. The average Bonchev–Trinajstić information content (AvgIpc) is 3.17. The number of anilines is 2. The van der Waals surface area contributed by atoms with Crippen molar-refractivity contribution in [3.63, 3.8) is 0 Å². The number of likely N-dealkylation sites (N-methyl/N-ethyl adjacent to an activating group) is 1. The Balaban J connectivity index is 1.58. The molecule has 0 radical (unpaired) electrons. The second-order valence-electron chi connectivity index (χ2n) is 7.32. The molecule has 2 amide bonds. The summed E-state index contributed by atoms with van der Waals surface area (Å²) in [5, 5.41) is 0. The summed E-state index contributed by atoms with van der Waals surface area (Å²) in [7, 11) is 2.07. The fourth-order valence-corrected chi connectivity index (χ4v) is 3.71. The second kappa shape index (κ2) is 8.54. The third-order valence-electron chi connectivity index (χ3n) is 5.42. The average molecular weight is 358 g/mol. The van der Waals surface area contributed by atoms with Crippen LogP contribution in [0.2, 0.25) is 0 Å². The maximum atomic E-state index is 12.5. The Hall–Kier alpha value is -2.08. The fraction of sp³-hybridized carbons (Fsp3) is 0.600. The Morgan fingerprint density at radius 1 is 0.962 bits per heavy atom. The number of amides is 2. The highest BCUT2D eigenvalue weighted by molar-refractivity contribution is 5.92. The van der Waals surface area contributed by atoms with E-state index < -0.39 is 0 Å². The van der Waals surface area contributed by atoms with Crippen LogP contribution in [-0.4, -0.2) is 74.5 Å². The van der Waals surface area contributed by atoms with Crippen molar-refractivity contribution >= 4 is 23.2 Å². The van der Waals surface area contributed by atoms with Gasteiger partial charge in [-0.2, -0.15) is 0 Å². The van der Waals surface area contributed by atoms with Crippen molar-refractivity contribution < 1.29 is 9.59 Å². The van der Waals surface area contributed by atoms with Gasteiger partial charge in [0.15, 0.2) is 0 Å². The van der Waals surface area contributed by atoms with Gasteiger partial charge in [0.05, 0.1) is 0 Å². The summed E-state index contributed by atoms with van der Waals surface area (Å²) in [6, 6.07) is 8.16. The van der Waals surface area contributed by atoms with Crippen molar-refractivity contribution in [1.82, 2.24) is 9.80 Å². The van der Waals surface area contributed by atoms with Crippen LogP contribution in [0.4, 0.5) is 11.4 Å². The molecular weight excluding hydrogens is 328 g/mol. The van der Waals surface area contributed by atoms with Crippen LogP contribution < -0.4 is 9.80 Å². The van der Waals surface area contributed by atoms with Crippen LogP contribution in [0.3, 0.4) is 0 Å². The molecule has 2 aliphatic heterocycles. The van der Waals surface area contributed by atoms with E-state index in [9.17, 15) is 9.59 Å². The van der Waals surface area contributed by atoms with Crippen molar-refractivity contribution in [2.45, 2.75) is 26.2 Å². The molecule has 1 aromatic rings. The summed E-state index contributed by atoms with van der Waals surface area (Å²) in [6.07, 6.45) is 2.86. The number of rotatable bonds is 5. The van der Waals surface area contributed by atoms with Crippen LogP contribution in [0, 0.1) is 0 Å². The third-order valence-corrected chi connectivity index (χ3v) is 5.42. The van der Waals surface area contributed by atoms with Gasteiger partial charge < -0.3 is 19.6 Å². The van der Waals surface area contributed by atoms with Crippen LogP contribution in [0.1, 0.15) is 26.2 Å². The zero-order chi connectivity index (χ0) is 18.5. The van der Waals surface area contributed by atoms with Gasteiger partial charge in [0.25, 0.3) is 0 Å².